The summed E-state index contributed by atoms with van der Waals surface area (Å²) in [6.45, 7) is 5.14. The van der Waals surface area contributed by atoms with E-state index in [1.165, 1.54) is 17.6 Å². The van der Waals surface area contributed by atoms with Crippen LogP contribution in [0.25, 0.3) is 11.7 Å². The number of fused-ring (bicyclic) bond motifs is 1. The van der Waals surface area contributed by atoms with E-state index >= 15 is 0 Å². The van der Waals surface area contributed by atoms with E-state index in [9.17, 15) is 19.2 Å². The van der Waals surface area contributed by atoms with Crippen molar-refractivity contribution in [1.82, 2.24) is 19.6 Å². The number of thioether (sulfide) groups is 1. The standard InChI is InChI=1S/C26H31N5O5S2/c1-4-5-6-7-11-30-25(35)19(38-26(30)37)13-17-22(28-20-9-8-16(2)15-31(20)24(17)34)29-12-10-27-23(33)18(29)14-21(32)36-3/h8-9,13,15,18H,4-7,10-12,14H2,1-3H3,(H,27,33)/b19-13-. The van der Waals surface area contributed by atoms with Crippen LogP contribution in [0.3, 0.4) is 0 Å². The summed E-state index contributed by atoms with van der Waals surface area (Å²) in [4.78, 5) is 60.3. The largest absolute Gasteiger partial charge is 0.469 e. The Morgan fingerprint density at radius 1 is 1.26 bits per heavy atom. The first-order valence-corrected chi connectivity index (χ1v) is 13.9. The zero-order valence-electron chi connectivity index (χ0n) is 21.7. The summed E-state index contributed by atoms with van der Waals surface area (Å²) in [7, 11) is 1.26. The van der Waals surface area contributed by atoms with Gasteiger partial charge in [-0.3, -0.25) is 28.5 Å². The number of rotatable bonds is 9. The molecule has 10 nitrogen and oxygen atoms in total. The lowest BCUT2D eigenvalue weighted by Gasteiger charge is -2.36. The predicted octanol–water partition coefficient (Wildman–Crippen LogP) is 2.65. The zero-order valence-corrected chi connectivity index (χ0v) is 23.3. The van der Waals surface area contributed by atoms with Crippen molar-refractivity contribution in [3.05, 3.63) is 44.7 Å². The normalized spacial score (nSPS) is 19.0. The first-order chi connectivity index (χ1) is 18.2. The molecule has 2 amide bonds. The van der Waals surface area contributed by atoms with Crippen LogP contribution in [-0.2, 0) is 19.1 Å². The number of anilines is 1. The van der Waals surface area contributed by atoms with Crippen molar-refractivity contribution in [3.8, 4) is 0 Å². The molecule has 0 saturated carbocycles. The molecule has 1 N–H and O–H groups in total. The molecule has 202 valence electrons. The quantitative estimate of drug-likeness (QED) is 0.215. The number of piperazine rings is 1. The summed E-state index contributed by atoms with van der Waals surface area (Å²) in [5.41, 5.74) is 1.02. The highest BCUT2D eigenvalue weighted by Crippen LogP contribution is 2.34. The monoisotopic (exact) mass is 557 g/mol. The van der Waals surface area contributed by atoms with Crippen LogP contribution in [0.2, 0.25) is 0 Å². The molecular weight excluding hydrogens is 526 g/mol. The number of carbonyl (C=O) groups excluding carboxylic acids is 3. The smallest absolute Gasteiger partial charge is 0.308 e. The van der Waals surface area contributed by atoms with Gasteiger partial charge in [-0.25, -0.2) is 4.98 Å². The highest BCUT2D eigenvalue weighted by Gasteiger charge is 2.36. The van der Waals surface area contributed by atoms with Gasteiger partial charge in [-0.15, -0.1) is 0 Å². The van der Waals surface area contributed by atoms with E-state index < -0.39 is 12.0 Å². The Kier molecular flexibility index (Phi) is 8.83. The lowest BCUT2D eigenvalue weighted by molar-refractivity contribution is -0.143. The third kappa shape index (κ3) is 5.75. The molecule has 0 bridgehead atoms. The Morgan fingerprint density at radius 2 is 2.05 bits per heavy atom. The topological polar surface area (TPSA) is 113 Å². The minimum atomic E-state index is -0.920. The molecule has 0 aliphatic carbocycles. The molecule has 1 unspecified atom stereocenters. The van der Waals surface area contributed by atoms with E-state index in [-0.39, 0.29) is 35.2 Å². The van der Waals surface area contributed by atoms with Crippen molar-refractivity contribution in [2.75, 3.05) is 31.6 Å². The number of esters is 1. The zero-order chi connectivity index (χ0) is 27.4. The van der Waals surface area contributed by atoms with Gasteiger partial charge in [0.1, 0.15) is 21.8 Å². The van der Waals surface area contributed by atoms with Crippen LogP contribution in [0.5, 0.6) is 0 Å². The maximum atomic E-state index is 13.8. The van der Waals surface area contributed by atoms with E-state index in [4.69, 9.17) is 21.9 Å². The lowest BCUT2D eigenvalue weighted by atomic mass is 10.1. The summed E-state index contributed by atoms with van der Waals surface area (Å²) in [6, 6.07) is 2.64. The summed E-state index contributed by atoms with van der Waals surface area (Å²) in [6.07, 6.45) is 7.01. The SMILES string of the molecule is CCCCCCN1C(=O)/C(=C/c2c(N3CCNC(=O)C3CC(=O)OC)nc3ccc(C)cn3c2=O)SC1=S. The summed E-state index contributed by atoms with van der Waals surface area (Å²) >= 11 is 6.63. The van der Waals surface area contributed by atoms with Gasteiger partial charge >= 0.3 is 5.97 Å². The average molecular weight is 558 g/mol. The number of ether oxygens (including phenoxy) is 1. The fraction of sp³-hybridized carbons (Fsp3) is 0.462. The van der Waals surface area contributed by atoms with Crippen LogP contribution in [-0.4, -0.2) is 69.2 Å². The first-order valence-electron chi connectivity index (χ1n) is 12.6. The number of nitrogens with one attached hydrogen (secondary N) is 1. The van der Waals surface area contributed by atoms with Gasteiger partial charge in [-0.1, -0.05) is 56.2 Å². The average Bonchev–Trinajstić information content (AvgIpc) is 3.16. The van der Waals surface area contributed by atoms with Gasteiger partial charge in [0, 0.05) is 25.8 Å². The van der Waals surface area contributed by atoms with Gasteiger partial charge < -0.3 is 15.0 Å². The summed E-state index contributed by atoms with van der Waals surface area (Å²) in [5.74, 6) is -0.943. The molecule has 2 aliphatic rings. The van der Waals surface area contributed by atoms with Crippen molar-refractivity contribution in [2.24, 2.45) is 0 Å². The number of pyridine rings is 1. The second-order valence-electron chi connectivity index (χ2n) is 9.26. The molecule has 0 radical (unpaired) electrons. The molecular formula is C26H31N5O5S2. The minimum Gasteiger partial charge on any atom is -0.469 e. The lowest BCUT2D eigenvalue weighted by Crippen LogP contribution is -2.57. The van der Waals surface area contributed by atoms with Gasteiger partial charge in [0.15, 0.2) is 0 Å². The fourth-order valence-corrected chi connectivity index (χ4v) is 5.82. The maximum absolute atomic E-state index is 13.8. The second kappa shape index (κ2) is 12.1. The number of unbranched alkanes of at least 4 members (excludes halogenated alkanes) is 3. The molecule has 2 aromatic heterocycles. The molecule has 2 aliphatic heterocycles. The molecule has 2 aromatic rings. The van der Waals surface area contributed by atoms with Crippen LogP contribution >= 0.6 is 24.0 Å². The Hall–Kier alpha value is -3.25. The van der Waals surface area contributed by atoms with E-state index in [2.05, 4.69) is 12.2 Å². The third-order valence-corrected chi connectivity index (χ3v) is 7.94. The Bertz CT molecular complexity index is 1370. The van der Waals surface area contributed by atoms with Crippen LogP contribution in [0.1, 0.15) is 50.2 Å². The van der Waals surface area contributed by atoms with Crippen LogP contribution in [0.15, 0.2) is 28.0 Å². The number of thiocarbonyl (C=S) groups is 1. The minimum absolute atomic E-state index is 0.157. The summed E-state index contributed by atoms with van der Waals surface area (Å²) < 4.78 is 6.68. The molecule has 2 saturated heterocycles. The molecule has 12 heteroatoms. The number of methoxy groups -OCH3 is 1. The van der Waals surface area contributed by atoms with Crippen molar-refractivity contribution in [2.45, 2.75) is 52.0 Å². The van der Waals surface area contributed by atoms with Crippen LogP contribution in [0.4, 0.5) is 5.82 Å². The number of hydrogen-bond donors (Lipinski definition) is 1. The molecule has 38 heavy (non-hydrogen) atoms. The van der Waals surface area contributed by atoms with Crippen molar-refractivity contribution >= 4 is 63.6 Å². The van der Waals surface area contributed by atoms with E-state index in [0.717, 1.165) is 43.0 Å². The number of aromatic nitrogens is 2. The first kappa shape index (κ1) is 27.8. The van der Waals surface area contributed by atoms with Crippen molar-refractivity contribution in [1.29, 1.82) is 0 Å². The molecule has 4 rings (SSSR count). The van der Waals surface area contributed by atoms with E-state index in [0.29, 0.717) is 34.5 Å². The van der Waals surface area contributed by atoms with Gasteiger partial charge in [-0.05, 0) is 31.1 Å². The Morgan fingerprint density at radius 3 is 2.79 bits per heavy atom. The van der Waals surface area contributed by atoms with Gasteiger partial charge in [0.25, 0.3) is 11.5 Å². The van der Waals surface area contributed by atoms with E-state index in [1.807, 2.05) is 13.0 Å². The van der Waals surface area contributed by atoms with Crippen molar-refractivity contribution < 1.29 is 19.1 Å². The van der Waals surface area contributed by atoms with Crippen LogP contribution < -0.4 is 15.8 Å². The summed E-state index contributed by atoms with van der Waals surface area (Å²) in [5, 5.41) is 2.76. The van der Waals surface area contributed by atoms with Gasteiger partial charge in [-0.2, -0.15) is 0 Å². The number of amides is 2. The highest BCUT2D eigenvalue weighted by molar-refractivity contribution is 8.26. The Balaban J connectivity index is 1.80. The predicted molar refractivity (Wildman–Crippen MR) is 151 cm³/mol. The molecule has 4 heterocycles. The van der Waals surface area contributed by atoms with Crippen molar-refractivity contribution in [3.63, 3.8) is 0 Å². The van der Waals surface area contributed by atoms with E-state index in [1.54, 1.807) is 22.1 Å². The van der Waals surface area contributed by atoms with Crippen LogP contribution in [0, 0.1) is 6.92 Å². The number of carbonyl (C=O) groups is 3. The highest BCUT2D eigenvalue weighted by atomic mass is 32.2. The molecule has 1 atom stereocenters. The maximum Gasteiger partial charge on any atom is 0.308 e. The molecule has 0 aromatic carbocycles. The Labute approximate surface area is 230 Å². The number of aryl methyl sites for hydroxylation is 1. The molecule has 2 fully saturated rings. The van der Waals surface area contributed by atoms with Gasteiger partial charge in [0.2, 0.25) is 5.91 Å². The molecule has 0 spiro atoms. The fourth-order valence-electron chi connectivity index (χ4n) is 4.53. The van der Waals surface area contributed by atoms with Gasteiger partial charge in [0.05, 0.1) is 24.0 Å². The third-order valence-electron chi connectivity index (χ3n) is 6.56. The number of hydrogen-bond acceptors (Lipinski definition) is 9. The number of nitrogens with zero attached hydrogens (tertiary/aromatic N) is 4. The second-order valence-corrected chi connectivity index (χ2v) is 10.9.